The summed E-state index contributed by atoms with van der Waals surface area (Å²) >= 11 is 0. The molecule has 1 aliphatic heterocycles. The number of nitrogens with zero attached hydrogens (tertiary/aromatic N) is 1. The Bertz CT molecular complexity index is 699. The number of amides is 1. The third kappa shape index (κ3) is 3.75. The summed E-state index contributed by atoms with van der Waals surface area (Å²) in [5, 5.41) is 0. The summed E-state index contributed by atoms with van der Waals surface area (Å²) in [6.45, 7) is 0.796. The summed E-state index contributed by atoms with van der Waals surface area (Å²) in [5.41, 5.74) is 2.11. The van der Waals surface area contributed by atoms with Crippen LogP contribution in [-0.2, 0) is 11.2 Å². The smallest absolute Gasteiger partial charge is 0.223 e. The molecule has 2 aromatic rings. The predicted molar refractivity (Wildman–Crippen MR) is 91.4 cm³/mol. The van der Waals surface area contributed by atoms with Gasteiger partial charge in [0.1, 0.15) is 11.6 Å². The van der Waals surface area contributed by atoms with E-state index in [0.717, 1.165) is 36.3 Å². The molecule has 1 saturated heterocycles. The number of benzene rings is 2. The number of carbonyl (C=O) groups excluding carboxylic acids is 1. The van der Waals surface area contributed by atoms with Gasteiger partial charge in [-0.1, -0.05) is 24.3 Å². The number of hydrogen-bond acceptors (Lipinski definition) is 2. The summed E-state index contributed by atoms with van der Waals surface area (Å²) < 4.78 is 18.2. The SMILES string of the molecule is COc1cccc(C2CCCN2C(=O)CCc2ccc(F)cc2)c1. The zero-order valence-corrected chi connectivity index (χ0v) is 13.9. The second-order valence-corrected chi connectivity index (χ2v) is 6.15. The quantitative estimate of drug-likeness (QED) is 0.826. The van der Waals surface area contributed by atoms with Crippen LogP contribution < -0.4 is 4.74 Å². The van der Waals surface area contributed by atoms with Gasteiger partial charge in [0.05, 0.1) is 13.2 Å². The van der Waals surface area contributed by atoms with Crippen LogP contribution in [-0.4, -0.2) is 24.5 Å². The minimum Gasteiger partial charge on any atom is -0.497 e. The van der Waals surface area contributed by atoms with E-state index in [2.05, 4.69) is 6.07 Å². The molecule has 1 heterocycles. The second kappa shape index (κ2) is 7.47. The van der Waals surface area contributed by atoms with Gasteiger partial charge in [-0.3, -0.25) is 4.79 Å². The molecule has 2 aromatic carbocycles. The zero-order chi connectivity index (χ0) is 16.9. The van der Waals surface area contributed by atoms with Crippen LogP contribution in [0.4, 0.5) is 4.39 Å². The van der Waals surface area contributed by atoms with Crippen LogP contribution in [0.15, 0.2) is 48.5 Å². The van der Waals surface area contributed by atoms with Gasteiger partial charge in [-0.25, -0.2) is 4.39 Å². The number of aryl methyl sites for hydroxylation is 1. The monoisotopic (exact) mass is 327 g/mol. The third-order valence-corrected chi connectivity index (χ3v) is 4.59. The summed E-state index contributed by atoms with van der Waals surface area (Å²) in [6.07, 6.45) is 3.09. The van der Waals surface area contributed by atoms with Crippen molar-refractivity contribution in [2.45, 2.75) is 31.7 Å². The van der Waals surface area contributed by atoms with Crippen LogP contribution in [0.25, 0.3) is 0 Å². The molecule has 0 radical (unpaired) electrons. The molecule has 0 aliphatic carbocycles. The van der Waals surface area contributed by atoms with E-state index in [4.69, 9.17) is 4.74 Å². The highest BCUT2D eigenvalue weighted by atomic mass is 19.1. The molecule has 1 aliphatic rings. The highest BCUT2D eigenvalue weighted by Gasteiger charge is 2.29. The lowest BCUT2D eigenvalue weighted by atomic mass is 10.0. The fraction of sp³-hybridized carbons (Fsp3) is 0.350. The fourth-order valence-corrected chi connectivity index (χ4v) is 3.31. The molecule has 0 spiro atoms. The van der Waals surface area contributed by atoms with Gasteiger partial charge >= 0.3 is 0 Å². The molecule has 126 valence electrons. The first-order valence-electron chi connectivity index (χ1n) is 8.35. The van der Waals surface area contributed by atoms with E-state index in [0.29, 0.717) is 12.8 Å². The van der Waals surface area contributed by atoms with Crippen molar-refractivity contribution < 1.29 is 13.9 Å². The highest BCUT2D eigenvalue weighted by Crippen LogP contribution is 2.34. The Morgan fingerprint density at radius 3 is 2.79 bits per heavy atom. The van der Waals surface area contributed by atoms with E-state index in [1.165, 1.54) is 12.1 Å². The number of carbonyl (C=O) groups is 1. The summed E-state index contributed by atoms with van der Waals surface area (Å²) in [6, 6.07) is 14.4. The van der Waals surface area contributed by atoms with Gasteiger partial charge in [0.25, 0.3) is 0 Å². The Hall–Kier alpha value is -2.36. The molecule has 3 rings (SSSR count). The van der Waals surface area contributed by atoms with Crippen LogP contribution >= 0.6 is 0 Å². The normalized spacial score (nSPS) is 17.1. The fourth-order valence-electron chi connectivity index (χ4n) is 3.31. The second-order valence-electron chi connectivity index (χ2n) is 6.15. The molecule has 1 amide bonds. The molecule has 24 heavy (non-hydrogen) atoms. The van der Waals surface area contributed by atoms with Gasteiger partial charge in [-0.2, -0.15) is 0 Å². The highest BCUT2D eigenvalue weighted by molar-refractivity contribution is 5.77. The summed E-state index contributed by atoms with van der Waals surface area (Å²) in [5.74, 6) is 0.727. The molecule has 1 fully saturated rings. The first-order chi connectivity index (χ1) is 11.7. The average Bonchev–Trinajstić information content (AvgIpc) is 3.11. The van der Waals surface area contributed by atoms with Crippen molar-refractivity contribution in [3.8, 4) is 5.75 Å². The van der Waals surface area contributed by atoms with Crippen LogP contribution in [0.5, 0.6) is 5.75 Å². The Labute approximate surface area is 142 Å². The van der Waals surface area contributed by atoms with Gasteiger partial charge in [0.2, 0.25) is 5.91 Å². The predicted octanol–water partition coefficient (Wildman–Crippen LogP) is 4.13. The first kappa shape index (κ1) is 16.5. The minimum absolute atomic E-state index is 0.126. The van der Waals surface area contributed by atoms with Crippen molar-refractivity contribution in [1.82, 2.24) is 4.90 Å². The van der Waals surface area contributed by atoms with Gasteiger partial charge in [-0.15, -0.1) is 0 Å². The lowest BCUT2D eigenvalue weighted by Gasteiger charge is -2.25. The standard InChI is InChI=1S/C20H22FNO2/c1-24-18-5-2-4-16(14-18)19-6-3-13-22(19)20(23)12-9-15-7-10-17(21)11-8-15/h2,4-5,7-8,10-11,14,19H,3,6,9,12-13H2,1H3. The molecule has 1 atom stereocenters. The lowest BCUT2D eigenvalue weighted by Crippen LogP contribution is -2.30. The lowest BCUT2D eigenvalue weighted by molar-refractivity contribution is -0.132. The average molecular weight is 327 g/mol. The molecule has 1 unspecified atom stereocenters. The van der Waals surface area contributed by atoms with Crippen molar-refractivity contribution in [1.29, 1.82) is 0 Å². The minimum atomic E-state index is -0.247. The molecule has 0 N–H and O–H groups in total. The van der Waals surface area contributed by atoms with Gasteiger partial charge in [0, 0.05) is 13.0 Å². The molecular weight excluding hydrogens is 305 g/mol. The first-order valence-corrected chi connectivity index (χ1v) is 8.35. The van der Waals surface area contributed by atoms with E-state index < -0.39 is 0 Å². The summed E-state index contributed by atoms with van der Waals surface area (Å²) in [7, 11) is 1.65. The van der Waals surface area contributed by atoms with E-state index in [9.17, 15) is 9.18 Å². The number of methoxy groups -OCH3 is 1. The van der Waals surface area contributed by atoms with Crippen molar-refractivity contribution in [2.24, 2.45) is 0 Å². The molecule has 0 aromatic heterocycles. The van der Waals surface area contributed by atoms with E-state index in [1.807, 2.05) is 23.1 Å². The van der Waals surface area contributed by atoms with Gasteiger partial charge in [-0.05, 0) is 54.7 Å². The van der Waals surface area contributed by atoms with Crippen LogP contribution in [0.3, 0.4) is 0 Å². The summed E-state index contributed by atoms with van der Waals surface area (Å²) in [4.78, 5) is 14.6. The topological polar surface area (TPSA) is 29.5 Å². The number of ether oxygens (including phenoxy) is 1. The van der Waals surface area contributed by atoms with E-state index in [1.54, 1.807) is 19.2 Å². The van der Waals surface area contributed by atoms with E-state index in [-0.39, 0.29) is 17.8 Å². The number of likely N-dealkylation sites (tertiary alicyclic amines) is 1. The maximum absolute atomic E-state index is 12.9. The number of hydrogen-bond donors (Lipinski definition) is 0. The van der Waals surface area contributed by atoms with Gasteiger partial charge in [0.15, 0.2) is 0 Å². The molecule has 0 bridgehead atoms. The maximum atomic E-state index is 12.9. The number of halogens is 1. The Morgan fingerprint density at radius 1 is 1.25 bits per heavy atom. The van der Waals surface area contributed by atoms with Crippen molar-refractivity contribution in [3.63, 3.8) is 0 Å². The maximum Gasteiger partial charge on any atom is 0.223 e. The van der Waals surface area contributed by atoms with Crippen molar-refractivity contribution >= 4 is 5.91 Å². The Morgan fingerprint density at radius 2 is 2.04 bits per heavy atom. The Balaban J connectivity index is 1.65. The molecule has 4 heteroatoms. The zero-order valence-electron chi connectivity index (χ0n) is 13.9. The van der Waals surface area contributed by atoms with Crippen LogP contribution in [0.2, 0.25) is 0 Å². The molecular formula is C20H22FNO2. The molecule has 3 nitrogen and oxygen atoms in total. The third-order valence-electron chi connectivity index (χ3n) is 4.59. The number of rotatable bonds is 5. The Kier molecular flexibility index (Phi) is 5.14. The van der Waals surface area contributed by atoms with Crippen molar-refractivity contribution in [3.05, 3.63) is 65.5 Å². The van der Waals surface area contributed by atoms with E-state index >= 15 is 0 Å². The van der Waals surface area contributed by atoms with Crippen LogP contribution in [0, 0.1) is 5.82 Å². The van der Waals surface area contributed by atoms with Gasteiger partial charge < -0.3 is 9.64 Å². The van der Waals surface area contributed by atoms with Crippen LogP contribution in [0.1, 0.15) is 36.4 Å². The molecule has 0 saturated carbocycles. The largest absolute Gasteiger partial charge is 0.497 e. The van der Waals surface area contributed by atoms with Crippen molar-refractivity contribution in [2.75, 3.05) is 13.7 Å².